The number of esters is 1. The number of hydrogen-bond donors (Lipinski definition) is 2. The van der Waals surface area contributed by atoms with Gasteiger partial charge in [0.05, 0.1) is 12.7 Å². The number of nitrogens with one attached hydrogen (secondary N) is 1. The molecule has 0 spiro atoms. The third-order valence-electron chi connectivity index (χ3n) is 2.00. The summed E-state index contributed by atoms with van der Waals surface area (Å²) in [6.07, 6.45) is -4.53. The number of alkyl halides is 3. The molecule has 0 aliphatic carbocycles. The van der Waals surface area contributed by atoms with Gasteiger partial charge in [0.25, 0.3) is 0 Å². The fraction of sp³-hybridized carbons (Fsp3) is 0.300. The number of methoxy groups -OCH3 is 1. The van der Waals surface area contributed by atoms with Crippen LogP contribution < -0.4 is 11.1 Å². The van der Waals surface area contributed by atoms with Crippen LogP contribution in [0.5, 0.6) is 0 Å². The van der Waals surface area contributed by atoms with Crippen LogP contribution in [-0.2, 0) is 15.7 Å². The summed E-state index contributed by atoms with van der Waals surface area (Å²) in [5, 5.41) is 2.35. The zero-order valence-corrected chi connectivity index (χ0v) is 8.97. The number of nitrogen functional groups attached to an aromatic ring is 1. The average molecular weight is 248 g/mol. The van der Waals surface area contributed by atoms with E-state index in [1.807, 2.05) is 0 Å². The van der Waals surface area contributed by atoms with Crippen molar-refractivity contribution < 1.29 is 22.7 Å². The number of nitrogens with two attached hydrogens (primary N) is 1. The number of carbonyl (C=O) groups is 1. The Hall–Kier alpha value is -1.92. The summed E-state index contributed by atoms with van der Waals surface area (Å²) in [6.45, 7) is -0.344. The standard InChI is InChI=1S/C10H11F3N2O2/c1-17-9(16)5-15-8-3-2-6(14)4-7(8)10(11,12)13/h2-4,15H,5,14H2,1H3. The monoisotopic (exact) mass is 248 g/mol. The van der Waals surface area contributed by atoms with Crippen LogP contribution in [0.15, 0.2) is 18.2 Å². The molecule has 0 bridgehead atoms. The molecule has 0 aromatic heterocycles. The minimum atomic E-state index is -4.53. The fourth-order valence-corrected chi connectivity index (χ4v) is 1.19. The number of benzene rings is 1. The average Bonchev–Trinajstić information content (AvgIpc) is 2.25. The van der Waals surface area contributed by atoms with Crippen LogP contribution in [0.25, 0.3) is 0 Å². The molecular weight excluding hydrogens is 237 g/mol. The van der Waals surface area contributed by atoms with E-state index in [1.165, 1.54) is 12.1 Å². The molecule has 1 aromatic rings. The molecule has 3 N–H and O–H groups in total. The van der Waals surface area contributed by atoms with E-state index in [0.29, 0.717) is 0 Å². The van der Waals surface area contributed by atoms with E-state index in [9.17, 15) is 18.0 Å². The van der Waals surface area contributed by atoms with Crippen molar-refractivity contribution in [2.75, 3.05) is 24.7 Å². The smallest absolute Gasteiger partial charge is 0.418 e. The maximum Gasteiger partial charge on any atom is 0.418 e. The fourth-order valence-electron chi connectivity index (χ4n) is 1.19. The molecule has 17 heavy (non-hydrogen) atoms. The van der Waals surface area contributed by atoms with E-state index in [-0.39, 0.29) is 17.9 Å². The quantitative estimate of drug-likeness (QED) is 0.633. The number of halogens is 3. The van der Waals surface area contributed by atoms with E-state index in [1.54, 1.807) is 0 Å². The van der Waals surface area contributed by atoms with Crippen LogP contribution in [0, 0.1) is 0 Å². The highest BCUT2D eigenvalue weighted by molar-refractivity contribution is 5.75. The van der Waals surface area contributed by atoms with Crippen LogP contribution >= 0.6 is 0 Å². The first kappa shape index (κ1) is 13.1. The Morgan fingerprint density at radius 1 is 1.47 bits per heavy atom. The molecule has 0 saturated heterocycles. The lowest BCUT2D eigenvalue weighted by molar-refractivity contribution is -0.139. The van der Waals surface area contributed by atoms with Crippen molar-refractivity contribution in [3.8, 4) is 0 Å². The van der Waals surface area contributed by atoms with Crippen molar-refractivity contribution in [3.05, 3.63) is 23.8 Å². The second-order valence-corrected chi connectivity index (χ2v) is 3.23. The molecule has 0 aliphatic heterocycles. The second kappa shape index (κ2) is 4.94. The Labute approximate surface area is 95.6 Å². The summed E-state index contributed by atoms with van der Waals surface area (Å²) in [4.78, 5) is 10.8. The zero-order chi connectivity index (χ0) is 13.1. The Kier molecular flexibility index (Phi) is 3.82. The zero-order valence-electron chi connectivity index (χ0n) is 8.97. The maximum atomic E-state index is 12.6. The van der Waals surface area contributed by atoms with Gasteiger partial charge in [0.2, 0.25) is 0 Å². The van der Waals surface area contributed by atoms with Gasteiger partial charge in [-0.2, -0.15) is 13.2 Å². The minimum Gasteiger partial charge on any atom is -0.468 e. The molecule has 0 heterocycles. The largest absolute Gasteiger partial charge is 0.468 e. The van der Waals surface area contributed by atoms with Gasteiger partial charge in [-0.3, -0.25) is 4.79 Å². The SMILES string of the molecule is COC(=O)CNc1ccc(N)cc1C(F)(F)F. The number of ether oxygens (including phenoxy) is 1. The normalized spacial score (nSPS) is 11.1. The van der Waals surface area contributed by atoms with Crippen LogP contribution in [0.3, 0.4) is 0 Å². The van der Waals surface area contributed by atoms with Gasteiger partial charge in [-0.25, -0.2) is 0 Å². The molecule has 0 unspecified atom stereocenters. The third-order valence-corrected chi connectivity index (χ3v) is 2.00. The van der Waals surface area contributed by atoms with Gasteiger partial charge in [-0.15, -0.1) is 0 Å². The van der Waals surface area contributed by atoms with Crippen LogP contribution in [0.2, 0.25) is 0 Å². The van der Waals surface area contributed by atoms with Gasteiger partial charge in [0.15, 0.2) is 0 Å². The highest BCUT2D eigenvalue weighted by Crippen LogP contribution is 2.35. The molecule has 1 rings (SSSR count). The van der Waals surface area contributed by atoms with Crippen molar-refractivity contribution in [1.82, 2.24) is 0 Å². The molecule has 4 nitrogen and oxygen atoms in total. The van der Waals surface area contributed by atoms with Crippen molar-refractivity contribution in [2.45, 2.75) is 6.18 Å². The Bertz CT molecular complexity index is 419. The number of carbonyl (C=O) groups excluding carboxylic acids is 1. The Balaban J connectivity index is 2.95. The summed E-state index contributed by atoms with van der Waals surface area (Å²) < 4.78 is 42.2. The van der Waals surface area contributed by atoms with Gasteiger partial charge in [0, 0.05) is 11.4 Å². The van der Waals surface area contributed by atoms with Crippen molar-refractivity contribution in [2.24, 2.45) is 0 Å². The first-order chi connectivity index (χ1) is 7.84. The number of anilines is 2. The topological polar surface area (TPSA) is 64.3 Å². The highest BCUT2D eigenvalue weighted by Gasteiger charge is 2.33. The maximum absolute atomic E-state index is 12.6. The summed E-state index contributed by atoms with van der Waals surface area (Å²) in [5.41, 5.74) is 4.16. The first-order valence-corrected chi connectivity index (χ1v) is 4.62. The molecule has 0 amide bonds. The van der Waals surface area contributed by atoms with Gasteiger partial charge in [0.1, 0.15) is 6.54 Å². The van der Waals surface area contributed by atoms with Crippen molar-refractivity contribution in [1.29, 1.82) is 0 Å². The molecular formula is C10H11F3N2O2. The lowest BCUT2D eigenvalue weighted by Gasteiger charge is -2.14. The first-order valence-electron chi connectivity index (χ1n) is 4.62. The predicted molar refractivity (Wildman–Crippen MR) is 56.4 cm³/mol. The molecule has 0 atom stereocenters. The summed E-state index contributed by atoms with van der Waals surface area (Å²) in [6, 6.07) is 3.29. The molecule has 0 radical (unpaired) electrons. The van der Waals surface area contributed by atoms with E-state index in [2.05, 4.69) is 10.1 Å². The summed E-state index contributed by atoms with van der Waals surface area (Å²) in [7, 11) is 1.15. The van der Waals surface area contributed by atoms with E-state index >= 15 is 0 Å². The molecule has 94 valence electrons. The lowest BCUT2D eigenvalue weighted by Crippen LogP contribution is -2.18. The van der Waals surface area contributed by atoms with Gasteiger partial charge >= 0.3 is 12.1 Å². The molecule has 0 aliphatic rings. The van der Waals surface area contributed by atoms with E-state index < -0.39 is 17.7 Å². The number of rotatable bonds is 3. The highest BCUT2D eigenvalue weighted by atomic mass is 19.4. The number of hydrogen-bond acceptors (Lipinski definition) is 4. The van der Waals surface area contributed by atoms with Crippen LogP contribution in [0.1, 0.15) is 5.56 Å². The van der Waals surface area contributed by atoms with Crippen molar-refractivity contribution >= 4 is 17.3 Å². The van der Waals surface area contributed by atoms with Crippen molar-refractivity contribution in [3.63, 3.8) is 0 Å². The summed E-state index contributed by atoms with van der Waals surface area (Å²) in [5.74, 6) is -0.657. The van der Waals surface area contributed by atoms with Gasteiger partial charge in [-0.05, 0) is 18.2 Å². The third kappa shape index (κ3) is 3.54. The Morgan fingerprint density at radius 3 is 2.65 bits per heavy atom. The van der Waals surface area contributed by atoms with Crippen LogP contribution in [0.4, 0.5) is 24.5 Å². The molecule has 0 fully saturated rings. The predicted octanol–water partition coefficient (Wildman–Crippen LogP) is 1.87. The van der Waals surface area contributed by atoms with E-state index in [4.69, 9.17) is 5.73 Å². The minimum absolute atomic E-state index is 0.000873. The Morgan fingerprint density at radius 2 is 2.12 bits per heavy atom. The van der Waals surface area contributed by atoms with E-state index in [0.717, 1.165) is 13.2 Å². The van der Waals surface area contributed by atoms with Crippen LogP contribution in [-0.4, -0.2) is 19.6 Å². The summed E-state index contributed by atoms with van der Waals surface area (Å²) >= 11 is 0. The van der Waals surface area contributed by atoms with Gasteiger partial charge < -0.3 is 15.8 Å². The molecule has 0 saturated carbocycles. The van der Waals surface area contributed by atoms with Gasteiger partial charge in [-0.1, -0.05) is 0 Å². The molecule has 1 aromatic carbocycles. The second-order valence-electron chi connectivity index (χ2n) is 3.23. The lowest BCUT2D eigenvalue weighted by atomic mass is 10.1. The molecule has 7 heteroatoms.